The molecule has 0 saturated carbocycles. The first kappa shape index (κ1) is 8.59. The summed E-state index contributed by atoms with van der Waals surface area (Å²) in [7, 11) is 0. The highest BCUT2D eigenvalue weighted by molar-refractivity contribution is 5.28. The van der Waals surface area contributed by atoms with Crippen LogP contribution in [0, 0.1) is 11.6 Å². The van der Waals surface area contributed by atoms with Crippen molar-refractivity contribution < 1.29 is 13.5 Å². The summed E-state index contributed by atoms with van der Waals surface area (Å²) in [6.07, 6.45) is 0. The molecule has 1 heterocycles. The van der Waals surface area contributed by atoms with Crippen LogP contribution >= 0.6 is 0 Å². The fraction of sp³-hybridized carbons (Fsp3) is 0.333. The van der Waals surface area contributed by atoms with E-state index >= 15 is 0 Å². The summed E-state index contributed by atoms with van der Waals surface area (Å²) in [6.45, 7) is 0.575. The van der Waals surface area contributed by atoms with Crippen molar-refractivity contribution in [2.24, 2.45) is 5.73 Å². The van der Waals surface area contributed by atoms with Crippen molar-refractivity contribution in [1.82, 2.24) is 0 Å². The number of rotatable bonds is 1. The molecule has 13 heavy (non-hydrogen) atoms. The molecule has 0 atom stereocenters. The average molecular weight is 185 g/mol. The number of hydrogen-bond acceptors (Lipinski definition) is 2. The maximum absolute atomic E-state index is 13.2. The topological polar surface area (TPSA) is 35.2 Å². The van der Waals surface area contributed by atoms with Crippen molar-refractivity contribution >= 4 is 0 Å². The van der Waals surface area contributed by atoms with Crippen molar-refractivity contribution in [3.8, 4) is 0 Å². The van der Waals surface area contributed by atoms with Gasteiger partial charge >= 0.3 is 0 Å². The molecule has 1 fully saturated rings. The van der Waals surface area contributed by atoms with E-state index in [1.807, 2.05) is 0 Å². The Bertz CT molecular complexity index is 336. The zero-order valence-electron chi connectivity index (χ0n) is 6.89. The minimum atomic E-state index is -0.766. The van der Waals surface area contributed by atoms with E-state index in [1.165, 1.54) is 12.1 Å². The van der Waals surface area contributed by atoms with Gasteiger partial charge in [0.25, 0.3) is 0 Å². The predicted octanol–water partition coefficient (Wildman–Crippen LogP) is 1.15. The van der Waals surface area contributed by atoms with Gasteiger partial charge in [0.2, 0.25) is 0 Å². The van der Waals surface area contributed by atoms with Gasteiger partial charge in [-0.25, -0.2) is 8.78 Å². The molecule has 2 rings (SSSR count). The molecule has 0 spiro atoms. The lowest BCUT2D eigenvalue weighted by Gasteiger charge is -2.38. The third-order valence-corrected chi connectivity index (χ3v) is 2.19. The van der Waals surface area contributed by atoms with Gasteiger partial charge in [-0.1, -0.05) is 6.07 Å². The van der Waals surface area contributed by atoms with Gasteiger partial charge in [-0.15, -0.1) is 0 Å². The van der Waals surface area contributed by atoms with Crippen molar-refractivity contribution in [1.29, 1.82) is 0 Å². The number of halogens is 2. The lowest BCUT2D eigenvalue weighted by molar-refractivity contribution is -0.0585. The van der Waals surface area contributed by atoms with Crippen molar-refractivity contribution in [2.75, 3.05) is 13.2 Å². The highest BCUT2D eigenvalue weighted by atomic mass is 19.1. The van der Waals surface area contributed by atoms with Gasteiger partial charge in [0.05, 0.1) is 18.8 Å². The molecule has 0 unspecified atom stereocenters. The van der Waals surface area contributed by atoms with Crippen LogP contribution in [0.15, 0.2) is 18.2 Å². The molecule has 1 aromatic rings. The molecule has 1 saturated heterocycles. The zero-order valence-corrected chi connectivity index (χ0v) is 6.89. The quantitative estimate of drug-likeness (QED) is 0.712. The maximum atomic E-state index is 13.2. The van der Waals surface area contributed by atoms with Crippen LogP contribution in [0.4, 0.5) is 8.78 Å². The Morgan fingerprint density at radius 1 is 1.31 bits per heavy atom. The fourth-order valence-electron chi connectivity index (χ4n) is 1.37. The molecule has 0 radical (unpaired) electrons. The van der Waals surface area contributed by atoms with Crippen LogP contribution < -0.4 is 5.73 Å². The molecule has 1 aliphatic heterocycles. The Balaban J connectivity index is 2.40. The molecule has 0 amide bonds. The highest BCUT2D eigenvalue weighted by Gasteiger charge is 2.38. The molecular weight excluding hydrogens is 176 g/mol. The summed E-state index contributed by atoms with van der Waals surface area (Å²) in [4.78, 5) is 0. The van der Waals surface area contributed by atoms with Gasteiger partial charge in [0, 0.05) is 11.6 Å². The predicted molar refractivity (Wildman–Crippen MR) is 43.0 cm³/mol. The molecule has 4 heteroatoms. The molecule has 1 aromatic carbocycles. The lowest BCUT2D eigenvalue weighted by atomic mass is 9.89. The number of nitrogens with two attached hydrogens (primary N) is 1. The second-order valence-electron chi connectivity index (χ2n) is 3.27. The van der Waals surface area contributed by atoms with Gasteiger partial charge in [-0.05, 0) is 6.07 Å². The fourth-order valence-corrected chi connectivity index (χ4v) is 1.37. The van der Waals surface area contributed by atoms with Crippen LogP contribution in [0.25, 0.3) is 0 Å². The van der Waals surface area contributed by atoms with E-state index in [-0.39, 0.29) is 13.2 Å². The molecule has 0 aliphatic carbocycles. The van der Waals surface area contributed by atoms with Crippen LogP contribution in [0.2, 0.25) is 0 Å². The van der Waals surface area contributed by atoms with E-state index in [4.69, 9.17) is 10.5 Å². The third kappa shape index (κ3) is 1.32. The average Bonchev–Trinajstić information content (AvgIpc) is 2.00. The van der Waals surface area contributed by atoms with E-state index in [1.54, 1.807) is 0 Å². The summed E-state index contributed by atoms with van der Waals surface area (Å²) in [5, 5.41) is 0. The van der Waals surface area contributed by atoms with Crippen LogP contribution in [-0.2, 0) is 10.3 Å². The van der Waals surface area contributed by atoms with Crippen molar-refractivity contribution in [2.45, 2.75) is 5.54 Å². The van der Waals surface area contributed by atoms with Gasteiger partial charge in [0.15, 0.2) is 0 Å². The van der Waals surface area contributed by atoms with Gasteiger partial charge in [0.1, 0.15) is 11.6 Å². The minimum Gasteiger partial charge on any atom is -0.377 e. The Labute approximate surface area is 74.3 Å². The normalized spacial score (nSPS) is 19.6. The smallest absolute Gasteiger partial charge is 0.131 e. The molecule has 0 aromatic heterocycles. The Morgan fingerprint density at radius 3 is 2.46 bits per heavy atom. The second-order valence-corrected chi connectivity index (χ2v) is 3.27. The number of benzene rings is 1. The molecule has 1 aliphatic rings. The first-order valence-electron chi connectivity index (χ1n) is 3.94. The summed E-state index contributed by atoms with van der Waals surface area (Å²) >= 11 is 0. The van der Waals surface area contributed by atoms with Gasteiger partial charge < -0.3 is 10.5 Å². The SMILES string of the molecule is NC1(c2ccc(F)cc2F)COC1. The van der Waals surface area contributed by atoms with Gasteiger partial charge in [-0.2, -0.15) is 0 Å². The summed E-state index contributed by atoms with van der Waals surface area (Å²) < 4.78 is 30.6. The number of hydrogen-bond donors (Lipinski definition) is 1. The highest BCUT2D eigenvalue weighted by Crippen LogP contribution is 2.28. The molecule has 2 nitrogen and oxygen atoms in total. The molecule has 2 N–H and O–H groups in total. The van der Waals surface area contributed by atoms with E-state index in [0.717, 1.165) is 6.07 Å². The second kappa shape index (κ2) is 2.75. The van der Waals surface area contributed by atoms with E-state index in [9.17, 15) is 8.78 Å². The summed E-state index contributed by atoms with van der Waals surface area (Å²) in [6, 6.07) is 3.40. The third-order valence-electron chi connectivity index (χ3n) is 2.19. The largest absolute Gasteiger partial charge is 0.377 e. The Hall–Kier alpha value is -1.00. The van der Waals surface area contributed by atoms with Crippen LogP contribution in [0.5, 0.6) is 0 Å². The van der Waals surface area contributed by atoms with E-state index in [2.05, 4.69) is 0 Å². The molecule has 0 bridgehead atoms. The van der Waals surface area contributed by atoms with Crippen molar-refractivity contribution in [3.63, 3.8) is 0 Å². The first-order valence-corrected chi connectivity index (χ1v) is 3.94. The van der Waals surface area contributed by atoms with Crippen LogP contribution in [0.3, 0.4) is 0 Å². The zero-order chi connectivity index (χ0) is 9.47. The molecule has 70 valence electrons. The van der Waals surface area contributed by atoms with E-state index < -0.39 is 17.2 Å². The van der Waals surface area contributed by atoms with Crippen LogP contribution in [-0.4, -0.2) is 13.2 Å². The lowest BCUT2D eigenvalue weighted by Crippen LogP contribution is -2.54. The van der Waals surface area contributed by atoms with Crippen molar-refractivity contribution in [3.05, 3.63) is 35.4 Å². The first-order chi connectivity index (χ1) is 6.12. The molecular formula is C9H9F2NO. The summed E-state index contributed by atoms with van der Waals surface area (Å²) in [5.74, 6) is -1.20. The standard InChI is InChI=1S/C9H9F2NO/c10-6-1-2-7(8(11)3-6)9(12)4-13-5-9/h1-3H,4-5,12H2. The number of ether oxygens (including phenoxy) is 1. The maximum Gasteiger partial charge on any atom is 0.131 e. The monoisotopic (exact) mass is 185 g/mol. The minimum absolute atomic E-state index is 0.287. The van der Waals surface area contributed by atoms with Crippen LogP contribution in [0.1, 0.15) is 5.56 Å². The summed E-state index contributed by atoms with van der Waals surface area (Å²) in [5.41, 5.74) is 5.34. The van der Waals surface area contributed by atoms with Gasteiger partial charge in [-0.3, -0.25) is 0 Å². The van der Waals surface area contributed by atoms with E-state index in [0.29, 0.717) is 5.56 Å². The Kier molecular flexibility index (Phi) is 1.82. The Morgan fingerprint density at radius 2 is 2.00 bits per heavy atom.